The highest BCUT2D eigenvalue weighted by atomic mass is 32.2. The van der Waals surface area contributed by atoms with Gasteiger partial charge in [-0.05, 0) is 41.8 Å². The second kappa shape index (κ2) is 11.6. The van der Waals surface area contributed by atoms with Crippen LogP contribution in [0.15, 0.2) is 53.4 Å². The Morgan fingerprint density at radius 2 is 1.64 bits per heavy atom. The zero-order valence-corrected chi connectivity index (χ0v) is 20.0. The molecular weight excluding hydrogens is 444 g/mol. The van der Waals surface area contributed by atoms with Crippen LogP contribution in [0.1, 0.15) is 36.2 Å². The van der Waals surface area contributed by atoms with Crippen LogP contribution in [0.25, 0.3) is 0 Å². The van der Waals surface area contributed by atoms with Crippen LogP contribution in [0, 0.1) is 5.92 Å². The summed E-state index contributed by atoms with van der Waals surface area (Å²) in [4.78, 5) is 36.4. The van der Waals surface area contributed by atoms with Gasteiger partial charge in [0.05, 0.1) is 11.4 Å². The minimum Gasteiger partial charge on any atom is -0.350 e. The second-order valence-electron chi connectivity index (χ2n) is 8.12. The van der Waals surface area contributed by atoms with E-state index in [1.165, 1.54) is 38.4 Å². The first-order valence-corrected chi connectivity index (χ1v) is 11.9. The summed E-state index contributed by atoms with van der Waals surface area (Å²) in [6, 6.07) is 12.7. The number of nitrogens with zero attached hydrogens (tertiary/aromatic N) is 1. The molecule has 0 spiro atoms. The lowest BCUT2D eigenvalue weighted by atomic mass is 10.1. The van der Waals surface area contributed by atoms with Crippen LogP contribution < -0.4 is 16.0 Å². The number of hydrogen-bond acceptors (Lipinski definition) is 5. The van der Waals surface area contributed by atoms with E-state index in [1.54, 1.807) is 18.2 Å². The van der Waals surface area contributed by atoms with E-state index in [4.69, 9.17) is 0 Å². The minimum atomic E-state index is -3.67. The molecule has 0 heterocycles. The molecule has 2 aromatic carbocycles. The van der Waals surface area contributed by atoms with Gasteiger partial charge < -0.3 is 16.0 Å². The third-order valence-corrected chi connectivity index (χ3v) is 6.39. The zero-order chi connectivity index (χ0) is 24.6. The van der Waals surface area contributed by atoms with Crippen molar-refractivity contribution in [2.75, 3.05) is 26.0 Å². The third-order valence-electron chi connectivity index (χ3n) is 4.58. The summed E-state index contributed by atoms with van der Waals surface area (Å²) in [5.41, 5.74) is 1.57. The quantitative estimate of drug-likeness (QED) is 0.486. The van der Waals surface area contributed by atoms with Gasteiger partial charge in [-0.25, -0.2) is 12.7 Å². The van der Waals surface area contributed by atoms with E-state index in [0.717, 1.165) is 9.87 Å². The molecule has 0 radical (unpaired) electrons. The Morgan fingerprint density at radius 3 is 2.30 bits per heavy atom. The monoisotopic (exact) mass is 474 g/mol. The average molecular weight is 475 g/mol. The Kier molecular flexibility index (Phi) is 9.12. The number of hydrogen-bond donors (Lipinski definition) is 3. The normalized spacial score (nSPS) is 11.3. The minimum absolute atomic E-state index is 0.00929. The van der Waals surface area contributed by atoms with Crippen molar-refractivity contribution >= 4 is 33.4 Å². The predicted molar refractivity (Wildman–Crippen MR) is 126 cm³/mol. The van der Waals surface area contributed by atoms with E-state index >= 15 is 0 Å². The number of sulfonamides is 1. The van der Waals surface area contributed by atoms with E-state index < -0.39 is 21.8 Å². The summed E-state index contributed by atoms with van der Waals surface area (Å²) in [6.07, 6.45) is 0.421. The Morgan fingerprint density at radius 1 is 0.939 bits per heavy atom. The summed E-state index contributed by atoms with van der Waals surface area (Å²) < 4.78 is 25.5. The maximum atomic E-state index is 12.4. The lowest BCUT2D eigenvalue weighted by Crippen LogP contribution is -2.36. The topological polar surface area (TPSA) is 125 Å². The highest BCUT2D eigenvalue weighted by molar-refractivity contribution is 7.89. The van der Waals surface area contributed by atoms with E-state index in [1.807, 2.05) is 19.9 Å². The number of nitrogens with one attached hydrogen (secondary N) is 3. The van der Waals surface area contributed by atoms with Gasteiger partial charge in [0.1, 0.15) is 0 Å². The van der Waals surface area contributed by atoms with Gasteiger partial charge in [0, 0.05) is 38.3 Å². The molecule has 2 aromatic rings. The van der Waals surface area contributed by atoms with E-state index in [9.17, 15) is 22.8 Å². The van der Waals surface area contributed by atoms with Crippen LogP contribution in [-0.2, 0) is 26.2 Å². The maximum Gasteiger partial charge on any atom is 0.251 e. The molecule has 9 nitrogen and oxygen atoms in total. The molecule has 0 bridgehead atoms. The van der Waals surface area contributed by atoms with Gasteiger partial charge in [-0.2, -0.15) is 0 Å². The molecule has 3 amide bonds. The fourth-order valence-electron chi connectivity index (χ4n) is 2.88. The SMILES string of the molecule is CC(C)CC(=O)Nc1cccc(CNC(=O)CNC(=O)c2cccc(S(=O)(=O)N(C)C)c2)c1. The average Bonchev–Trinajstić information content (AvgIpc) is 2.75. The van der Waals surface area contributed by atoms with Crippen LogP contribution in [0.3, 0.4) is 0 Å². The lowest BCUT2D eigenvalue weighted by Gasteiger charge is -2.12. The number of carbonyl (C=O) groups excluding carboxylic acids is 3. The summed E-state index contributed by atoms with van der Waals surface area (Å²) in [6.45, 7) is 3.88. The van der Waals surface area contributed by atoms with Crippen molar-refractivity contribution in [3.63, 3.8) is 0 Å². The van der Waals surface area contributed by atoms with Crippen molar-refractivity contribution in [3.05, 3.63) is 59.7 Å². The maximum absolute atomic E-state index is 12.4. The highest BCUT2D eigenvalue weighted by Crippen LogP contribution is 2.15. The van der Waals surface area contributed by atoms with Crippen LogP contribution in [0.5, 0.6) is 0 Å². The Hall–Kier alpha value is -3.24. The molecular formula is C23H30N4O5S. The molecule has 10 heteroatoms. The molecule has 0 saturated heterocycles. The zero-order valence-electron chi connectivity index (χ0n) is 19.2. The molecule has 0 aliphatic heterocycles. The van der Waals surface area contributed by atoms with Gasteiger partial charge in [-0.1, -0.05) is 32.0 Å². The number of anilines is 1. The van der Waals surface area contributed by atoms with Gasteiger partial charge in [-0.15, -0.1) is 0 Å². The second-order valence-corrected chi connectivity index (χ2v) is 10.3. The van der Waals surface area contributed by atoms with E-state index in [-0.39, 0.29) is 35.4 Å². The third kappa shape index (κ3) is 7.99. The van der Waals surface area contributed by atoms with Gasteiger partial charge in [0.15, 0.2) is 0 Å². The molecule has 3 N–H and O–H groups in total. The van der Waals surface area contributed by atoms with Gasteiger partial charge in [0.2, 0.25) is 21.8 Å². The molecule has 0 fully saturated rings. The summed E-state index contributed by atoms with van der Waals surface area (Å²) in [7, 11) is -0.864. The summed E-state index contributed by atoms with van der Waals surface area (Å²) in [5, 5.41) is 8.01. The molecule has 0 aliphatic rings. The lowest BCUT2D eigenvalue weighted by molar-refractivity contribution is -0.120. The number of rotatable bonds is 10. The van der Waals surface area contributed by atoms with Crippen molar-refractivity contribution in [1.29, 1.82) is 0 Å². The van der Waals surface area contributed by atoms with Crippen molar-refractivity contribution in [1.82, 2.24) is 14.9 Å². The molecule has 0 unspecified atom stereocenters. The molecule has 0 atom stereocenters. The van der Waals surface area contributed by atoms with Gasteiger partial charge >= 0.3 is 0 Å². The number of amides is 3. The molecule has 0 aromatic heterocycles. The number of benzene rings is 2. The molecule has 0 aliphatic carbocycles. The molecule has 33 heavy (non-hydrogen) atoms. The summed E-state index contributed by atoms with van der Waals surface area (Å²) in [5.74, 6) is -0.788. The van der Waals surface area contributed by atoms with Crippen LogP contribution in [-0.4, -0.2) is 51.1 Å². The highest BCUT2D eigenvalue weighted by Gasteiger charge is 2.19. The fraction of sp³-hybridized carbons (Fsp3) is 0.348. The first-order chi connectivity index (χ1) is 15.5. The van der Waals surface area contributed by atoms with Gasteiger partial charge in [0.25, 0.3) is 5.91 Å². The van der Waals surface area contributed by atoms with Crippen molar-refractivity contribution in [2.45, 2.75) is 31.7 Å². The Labute approximate surface area is 194 Å². The predicted octanol–water partition coefficient (Wildman–Crippen LogP) is 1.97. The van der Waals surface area contributed by atoms with Gasteiger partial charge in [-0.3, -0.25) is 14.4 Å². The molecule has 178 valence electrons. The Bertz CT molecular complexity index is 1110. The van der Waals surface area contributed by atoms with Crippen LogP contribution in [0.4, 0.5) is 5.69 Å². The van der Waals surface area contributed by atoms with Crippen LogP contribution >= 0.6 is 0 Å². The first kappa shape index (κ1) is 26.0. The van der Waals surface area contributed by atoms with E-state index in [0.29, 0.717) is 12.1 Å². The largest absolute Gasteiger partial charge is 0.350 e. The fourth-order valence-corrected chi connectivity index (χ4v) is 3.82. The van der Waals surface area contributed by atoms with E-state index in [2.05, 4.69) is 16.0 Å². The Balaban J connectivity index is 1.88. The molecule has 2 rings (SSSR count). The first-order valence-electron chi connectivity index (χ1n) is 10.5. The van der Waals surface area contributed by atoms with Crippen molar-refractivity contribution in [3.8, 4) is 0 Å². The van der Waals surface area contributed by atoms with Crippen LogP contribution in [0.2, 0.25) is 0 Å². The molecule has 0 saturated carbocycles. The summed E-state index contributed by atoms with van der Waals surface area (Å²) >= 11 is 0. The smallest absolute Gasteiger partial charge is 0.251 e. The van der Waals surface area contributed by atoms with Crippen molar-refractivity contribution < 1.29 is 22.8 Å². The standard InChI is InChI=1S/C23H30N4O5S/c1-16(2)11-21(28)26-19-9-5-7-17(12-19)14-24-22(29)15-25-23(30)18-8-6-10-20(13-18)33(31,32)27(3)4/h5-10,12-13,16H,11,14-15H2,1-4H3,(H,24,29)(H,25,30)(H,26,28). The number of carbonyl (C=O) groups is 3. The van der Waals surface area contributed by atoms with Crippen molar-refractivity contribution in [2.24, 2.45) is 5.92 Å².